The third-order valence-electron chi connectivity index (χ3n) is 4.10. The van der Waals surface area contributed by atoms with Crippen LogP contribution in [-0.2, 0) is 0 Å². The molecule has 2 aromatic carbocycles. The summed E-state index contributed by atoms with van der Waals surface area (Å²) < 4.78 is 11.2. The Kier molecular flexibility index (Phi) is 4.73. The lowest BCUT2D eigenvalue weighted by molar-refractivity contribution is 0.171. The van der Waals surface area contributed by atoms with Crippen molar-refractivity contribution >= 4 is 34.7 Å². The van der Waals surface area contributed by atoms with Crippen LogP contribution in [0.1, 0.15) is 11.3 Å². The SMILES string of the molecule is Cc1cc(Nc2ccc3c(c2)OCCO3)nc(Nc2ccc(C)c(Cl)c2)n1. The maximum atomic E-state index is 6.19. The second-order valence-corrected chi connectivity index (χ2v) is 6.70. The van der Waals surface area contributed by atoms with Gasteiger partial charge in [0.2, 0.25) is 5.95 Å². The Morgan fingerprint density at radius 3 is 2.41 bits per heavy atom. The summed E-state index contributed by atoms with van der Waals surface area (Å²) in [7, 11) is 0. The van der Waals surface area contributed by atoms with E-state index < -0.39 is 0 Å². The lowest BCUT2D eigenvalue weighted by atomic mass is 10.2. The molecule has 0 atom stereocenters. The molecular weight excluding hydrogens is 364 g/mol. The molecular formula is C20H19ClN4O2. The van der Waals surface area contributed by atoms with E-state index >= 15 is 0 Å². The van der Waals surface area contributed by atoms with Gasteiger partial charge >= 0.3 is 0 Å². The molecule has 2 N–H and O–H groups in total. The number of hydrogen-bond acceptors (Lipinski definition) is 6. The van der Waals surface area contributed by atoms with E-state index in [1.54, 1.807) is 0 Å². The molecule has 1 aromatic heterocycles. The Hall–Kier alpha value is -2.99. The predicted molar refractivity (Wildman–Crippen MR) is 107 cm³/mol. The van der Waals surface area contributed by atoms with Gasteiger partial charge in [-0.25, -0.2) is 4.98 Å². The number of nitrogens with one attached hydrogen (secondary N) is 2. The molecule has 1 aliphatic heterocycles. The topological polar surface area (TPSA) is 68.3 Å². The number of nitrogens with zero attached hydrogens (tertiary/aromatic N) is 2. The first-order chi connectivity index (χ1) is 13.1. The summed E-state index contributed by atoms with van der Waals surface area (Å²) in [6.07, 6.45) is 0. The van der Waals surface area contributed by atoms with E-state index in [-0.39, 0.29) is 0 Å². The zero-order chi connectivity index (χ0) is 18.8. The molecule has 0 aliphatic carbocycles. The third-order valence-corrected chi connectivity index (χ3v) is 4.50. The molecule has 0 amide bonds. The Bertz CT molecular complexity index is 994. The van der Waals surface area contributed by atoms with Crippen LogP contribution in [0.4, 0.5) is 23.1 Å². The second kappa shape index (κ2) is 7.32. The van der Waals surface area contributed by atoms with E-state index in [2.05, 4.69) is 20.6 Å². The minimum atomic E-state index is 0.495. The highest BCUT2D eigenvalue weighted by molar-refractivity contribution is 6.31. The van der Waals surface area contributed by atoms with Gasteiger partial charge in [-0.2, -0.15) is 4.98 Å². The molecule has 0 unspecified atom stereocenters. The summed E-state index contributed by atoms with van der Waals surface area (Å²) in [6.45, 7) is 5.01. The highest BCUT2D eigenvalue weighted by atomic mass is 35.5. The van der Waals surface area contributed by atoms with Crippen LogP contribution in [0.15, 0.2) is 42.5 Å². The number of fused-ring (bicyclic) bond motifs is 1. The molecule has 0 bridgehead atoms. The summed E-state index contributed by atoms with van der Waals surface area (Å²) >= 11 is 6.19. The number of rotatable bonds is 4. The van der Waals surface area contributed by atoms with E-state index in [0.29, 0.717) is 30.0 Å². The highest BCUT2D eigenvalue weighted by Crippen LogP contribution is 2.33. The molecule has 27 heavy (non-hydrogen) atoms. The van der Waals surface area contributed by atoms with Crippen LogP contribution in [0, 0.1) is 13.8 Å². The van der Waals surface area contributed by atoms with E-state index in [1.807, 2.05) is 56.3 Å². The van der Waals surface area contributed by atoms with Crippen molar-refractivity contribution < 1.29 is 9.47 Å². The van der Waals surface area contributed by atoms with Crippen molar-refractivity contribution in [3.8, 4) is 11.5 Å². The van der Waals surface area contributed by atoms with Crippen molar-refractivity contribution in [3.63, 3.8) is 0 Å². The Balaban J connectivity index is 1.56. The summed E-state index contributed by atoms with van der Waals surface area (Å²) in [6, 6.07) is 13.4. The van der Waals surface area contributed by atoms with Crippen molar-refractivity contribution in [1.82, 2.24) is 9.97 Å². The molecule has 138 valence electrons. The van der Waals surface area contributed by atoms with Crippen LogP contribution in [0.3, 0.4) is 0 Å². The zero-order valence-corrected chi connectivity index (χ0v) is 15.8. The van der Waals surface area contributed by atoms with Gasteiger partial charge in [0.05, 0.1) is 0 Å². The average molecular weight is 383 g/mol. The van der Waals surface area contributed by atoms with Crippen LogP contribution in [0.5, 0.6) is 11.5 Å². The van der Waals surface area contributed by atoms with Crippen LogP contribution in [-0.4, -0.2) is 23.2 Å². The molecule has 7 heteroatoms. The van der Waals surface area contributed by atoms with Crippen LogP contribution < -0.4 is 20.1 Å². The van der Waals surface area contributed by atoms with Crippen LogP contribution >= 0.6 is 11.6 Å². The predicted octanol–water partition coefficient (Wildman–Crippen LogP) is 5.01. The number of anilines is 4. The van der Waals surface area contributed by atoms with Crippen LogP contribution in [0.2, 0.25) is 5.02 Å². The molecule has 4 rings (SSSR count). The fraction of sp³-hybridized carbons (Fsp3) is 0.200. The van der Waals surface area contributed by atoms with Crippen molar-refractivity contribution in [3.05, 3.63) is 58.7 Å². The van der Waals surface area contributed by atoms with Gasteiger partial charge in [0.1, 0.15) is 19.0 Å². The third kappa shape index (κ3) is 4.06. The van der Waals surface area contributed by atoms with Gasteiger partial charge in [-0.15, -0.1) is 0 Å². The largest absolute Gasteiger partial charge is 0.486 e. The fourth-order valence-corrected chi connectivity index (χ4v) is 2.94. The quantitative estimate of drug-likeness (QED) is 0.661. The second-order valence-electron chi connectivity index (χ2n) is 6.29. The molecule has 2 heterocycles. The minimum absolute atomic E-state index is 0.495. The molecule has 0 radical (unpaired) electrons. The Morgan fingerprint density at radius 2 is 1.59 bits per heavy atom. The summed E-state index contributed by atoms with van der Waals surface area (Å²) in [5.41, 5.74) is 3.56. The number of hydrogen-bond donors (Lipinski definition) is 2. The van der Waals surface area contributed by atoms with Gasteiger partial charge in [0, 0.05) is 34.2 Å². The fourth-order valence-electron chi connectivity index (χ4n) is 2.76. The smallest absolute Gasteiger partial charge is 0.229 e. The number of benzene rings is 2. The first-order valence-corrected chi connectivity index (χ1v) is 9.00. The first-order valence-electron chi connectivity index (χ1n) is 8.62. The summed E-state index contributed by atoms with van der Waals surface area (Å²) in [5, 5.41) is 7.18. The number of aromatic nitrogens is 2. The van der Waals surface area contributed by atoms with Gasteiger partial charge in [-0.05, 0) is 43.7 Å². The van der Waals surface area contributed by atoms with E-state index in [4.69, 9.17) is 21.1 Å². The van der Waals surface area contributed by atoms with E-state index in [1.165, 1.54) is 0 Å². The highest BCUT2D eigenvalue weighted by Gasteiger charge is 2.12. The Labute approximate surface area is 162 Å². The van der Waals surface area contributed by atoms with Crippen molar-refractivity contribution in [2.75, 3.05) is 23.8 Å². The first kappa shape index (κ1) is 17.4. The summed E-state index contributed by atoms with van der Waals surface area (Å²) in [4.78, 5) is 8.98. The molecule has 0 saturated carbocycles. The lowest BCUT2D eigenvalue weighted by Crippen LogP contribution is -2.15. The van der Waals surface area contributed by atoms with E-state index in [0.717, 1.165) is 34.1 Å². The Morgan fingerprint density at radius 1 is 0.852 bits per heavy atom. The van der Waals surface area contributed by atoms with Crippen molar-refractivity contribution in [2.24, 2.45) is 0 Å². The molecule has 1 aliphatic rings. The molecule has 0 saturated heterocycles. The van der Waals surface area contributed by atoms with Gasteiger partial charge in [-0.1, -0.05) is 17.7 Å². The standard InChI is InChI=1S/C20H19ClN4O2/c1-12-3-4-14(10-16(12)21)24-20-22-13(2)9-19(25-20)23-15-5-6-17-18(11-15)27-8-7-26-17/h3-6,9-11H,7-8H2,1-2H3,(H2,22,23,24,25). The summed E-state index contributed by atoms with van der Waals surface area (Å²) in [5.74, 6) is 2.66. The van der Waals surface area contributed by atoms with Crippen LogP contribution in [0.25, 0.3) is 0 Å². The molecule has 0 spiro atoms. The minimum Gasteiger partial charge on any atom is -0.486 e. The normalized spacial score (nSPS) is 12.6. The van der Waals surface area contributed by atoms with Gasteiger partial charge in [0.15, 0.2) is 11.5 Å². The number of ether oxygens (including phenoxy) is 2. The maximum absolute atomic E-state index is 6.19. The average Bonchev–Trinajstić information content (AvgIpc) is 2.64. The molecule has 6 nitrogen and oxygen atoms in total. The van der Waals surface area contributed by atoms with Crippen molar-refractivity contribution in [1.29, 1.82) is 0 Å². The lowest BCUT2D eigenvalue weighted by Gasteiger charge is -2.19. The number of halogens is 1. The monoisotopic (exact) mass is 382 g/mol. The number of aryl methyl sites for hydroxylation is 2. The van der Waals surface area contributed by atoms with Gasteiger partial charge in [-0.3, -0.25) is 0 Å². The molecule has 0 fully saturated rings. The zero-order valence-electron chi connectivity index (χ0n) is 15.0. The van der Waals surface area contributed by atoms with E-state index in [9.17, 15) is 0 Å². The maximum Gasteiger partial charge on any atom is 0.229 e. The van der Waals surface area contributed by atoms with Gasteiger partial charge < -0.3 is 20.1 Å². The molecule has 3 aromatic rings. The van der Waals surface area contributed by atoms with Crippen molar-refractivity contribution in [2.45, 2.75) is 13.8 Å². The van der Waals surface area contributed by atoms with Gasteiger partial charge in [0.25, 0.3) is 0 Å².